The SMILES string of the molecule is CC=Cc1ccc(CC(C)(C)NC)cc1C. The highest BCUT2D eigenvalue weighted by Gasteiger charge is 2.15. The van der Waals surface area contributed by atoms with Crippen molar-refractivity contribution < 1.29 is 0 Å². The third kappa shape index (κ3) is 3.49. The summed E-state index contributed by atoms with van der Waals surface area (Å²) in [5.74, 6) is 0. The minimum atomic E-state index is 0.161. The van der Waals surface area contributed by atoms with Gasteiger partial charge in [0.05, 0.1) is 0 Å². The molecule has 0 atom stereocenters. The molecule has 0 saturated carbocycles. The fourth-order valence-electron chi connectivity index (χ4n) is 1.81. The summed E-state index contributed by atoms with van der Waals surface area (Å²) in [6.07, 6.45) is 5.29. The van der Waals surface area contributed by atoms with Crippen molar-refractivity contribution in [2.24, 2.45) is 0 Å². The van der Waals surface area contributed by atoms with E-state index in [9.17, 15) is 0 Å². The Hall–Kier alpha value is -1.08. The van der Waals surface area contributed by atoms with Gasteiger partial charge in [-0.05, 0) is 57.9 Å². The van der Waals surface area contributed by atoms with Crippen LogP contribution < -0.4 is 5.32 Å². The maximum atomic E-state index is 3.34. The van der Waals surface area contributed by atoms with E-state index in [1.54, 1.807) is 0 Å². The van der Waals surface area contributed by atoms with Crippen LogP contribution in [0.4, 0.5) is 0 Å². The quantitative estimate of drug-likeness (QED) is 0.813. The summed E-state index contributed by atoms with van der Waals surface area (Å²) in [4.78, 5) is 0. The second kappa shape index (κ2) is 5.31. The summed E-state index contributed by atoms with van der Waals surface area (Å²) in [5, 5.41) is 3.34. The molecular formula is C15H23N. The average molecular weight is 217 g/mol. The fraction of sp³-hybridized carbons (Fsp3) is 0.467. The number of hydrogen-bond acceptors (Lipinski definition) is 1. The van der Waals surface area contributed by atoms with Crippen LogP contribution in [0.2, 0.25) is 0 Å². The molecule has 1 N–H and O–H groups in total. The molecule has 0 aliphatic heterocycles. The first-order valence-corrected chi connectivity index (χ1v) is 5.89. The molecule has 1 aromatic carbocycles. The lowest BCUT2D eigenvalue weighted by molar-refractivity contribution is 0.422. The van der Waals surface area contributed by atoms with E-state index < -0.39 is 0 Å². The molecule has 0 fully saturated rings. The van der Waals surface area contributed by atoms with Gasteiger partial charge >= 0.3 is 0 Å². The van der Waals surface area contributed by atoms with Crippen molar-refractivity contribution in [2.75, 3.05) is 7.05 Å². The van der Waals surface area contributed by atoms with Crippen molar-refractivity contribution in [1.29, 1.82) is 0 Å². The van der Waals surface area contributed by atoms with E-state index in [1.807, 2.05) is 7.05 Å². The third-order valence-corrected chi connectivity index (χ3v) is 3.00. The number of nitrogens with one attached hydrogen (secondary N) is 1. The molecule has 0 saturated heterocycles. The fourth-order valence-corrected chi connectivity index (χ4v) is 1.81. The van der Waals surface area contributed by atoms with Crippen LogP contribution in [0.1, 0.15) is 37.5 Å². The first kappa shape index (κ1) is 13.0. The van der Waals surface area contributed by atoms with Crippen LogP contribution in [0, 0.1) is 6.92 Å². The minimum Gasteiger partial charge on any atom is -0.314 e. The Bertz CT molecular complexity index is 375. The van der Waals surface area contributed by atoms with Crippen molar-refractivity contribution >= 4 is 6.08 Å². The molecule has 0 aliphatic carbocycles. The van der Waals surface area contributed by atoms with E-state index in [1.165, 1.54) is 16.7 Å². The summed E-state index contributed by atoms with van der Waals surface area (Å²) in [7, 11) is 2.01. The first-order chi connectivity index (χ1) is 7.48. The molecule has 0 bridgehead atoms. The predicted octanol–water partition coefficient (Wildman–Crippen LogP) is 3.57. The summed E-state index contributed by atoms with van der Waals surface area (Å²) in [6.45, 7) is 8.67. The maximum absolute atomic E-state index is 3.34. The molecule has 88 valence electrons. The second-order valence-electron chi connectivity index (χ2n) is 5.00. The zero-order valence-corrected chi connectivity index (χ0v) is 11.1. The second-order valence-corrected chi connectivity index (χ2v) is 5.00. The average Bonchev–Trinajstić information content (AvgIpc) is 2.22. The molecule has 0 radical (unpaired) electrons. The summed E-state index contributed by atoms with van der Waals surface area (Å²) < 4.78 is 0. The molecule has 1 aromatic rings. The van der Waals surface area contributed by atoms with E-state index >= 15 is 0 Å². The van der Waals surface area contributed by atoms with E-state index in [0.29, 0.717) is 0 Å². The highest BCUT2D eigenvalue weighted by molar-refractivity contribution is 5.54. The topological polar surface area (TPSA) is 12.0 Å². The molecule has 16 heavy (non-hydrogen) atoms. The van der Waals surface area contributed by atoms with Gasteiger partial charge in [0.2, 0.25) is 0 Å². The molecule has 0 spiro atoms. The van der Waals surface area contributed by atoms with E-state index in [4.69, 9.17) is 0 Å². The van der Waals surface area contributed by atoms with Crippen LogP contribution >= 0.6 is 0 Å². The lowest BCUT2D eigenvalue weighted by Gasteiger charge is -2.24. The normalized spacial score (nSPS) is 12.3. The van der Waals surface area contributed by atoms with E-state index in [0.717, 1.165) is 6.42 Å². The van der Waals surface area contributed by atoms with Crippen LogP contribution in [-0.2, 0) is 6.42 Å². The Balaban J connectivity index is 2.89. The van der Waals surface area contributed by atoms with Gasteiger partial charge in [-0.1, -0.05) is 30.4 Å². The Morgan fingerprint density at radius 3 is 2.50 bits per heavy atom. The number of allylic oxidation sites excluding steroid dienone is 1. The van der Waals surface area contributed by atoms with Gasteiger partial charge < -0.3 is 5.32 Å². The van der Waals surface area contributed by atoms with Gasteiger partial charge in [0.15, 0.2) is 0 Å². The number of hydrogen-bond donors (Lipinski definition) is 1. The van der Waals surface area contributed by atoms with E-state index in [-0.39, 0.29) is 5.54 Å². The Morgan fingerprint density at radius 1 is 1.31 bits per heavy atom. The predicted molar refractivity (Wildman–Crippen MR) is 72.7 cm³/mol. The van der Waals surface area contributed by atoms with Gasteiger partial charge in [-0.3, -0.25) is 0 Å². The van der Waals surface area contributed by atoms with Crippen LogP contribution in [0.15, 0.2) is 24.3 Å². The van der Waals surface area contributed by atoms with Gasteiger partial charge in [-0.2, -0.15) is 0 Å². The van der Waals surface area contributed by atoms with Crippen molar-refractivity contribution in [3.05, 3.63) is 41.0 Å². The standard InChI is InChI=1S/C15H23N/c1-6-7-14-9-8-13(10-12(14)2)11-15(3,4)16-5/h6-10,16H,11H2,1-5H3. The van der Waals surface area contributed by atoms with Gasteiger partial charge in [-0.15, -0.1) is 0 Å². The lowest BCUT2D eigenvalue weighted by Crippen LogP contribution is -2.38. The lowest BCUT2D eigenvalue weighted by atomic mass is 9.93. The van der Waals surface area contributed by atoms with Gasteiger partial charge in [0.1, 0.15) is 0 Å². The van der Waals surface area contributed by atoms with E-state index in [2.05, 4.69) is 63.4 Å². The monoisotopic (exact) mass is 217 g/mol. The van der Waals surface area contributed by atoms with Crippen molar-refractivity contribution in [2.45, 2.75) is 39.7 Å². The molecule has 1 rings (SSSR count). The van der Waals surface area contributed by atoms with Crippen molar-refractivity contribution in [3.8, 4) is 0 Å². The molecule has 0 aliphatic rings. The Morgan fingerprint density at radius 2 is 2.00 bits per heavy atom. The highest BCUT2D eigenvalue weighted by Crippen LogP contribution is 2.17. The smallest absolute Gasteiger partial charge is 0.0162 e. The molecule has 0 heterocycles. The van der Waals surface area contributed by atoms with Crippen LogP contribution in [-0.4, -0.2) is 12.6 Å². The van der Waals surface area contributed by atoms with Crippen LogP contribution in [0.3, 0.4) is 0 Å². The molecule has 1 heteroatoms. The maximum Gasteiger partial charge on any atom is 0.0162 e. The van der Waals surface area contributed by atoms with Crippen LogP contribution in [0.5, 0.6) is 0 Å². The Labute approximate surface area is 99.6 Å². The summed E-state index contributed by atoms with van der Waals surface area (Å²) in [6, 6.07) is 6.71. The minimum absolute atomic E-state index is 0.161. The van der Waals surface area contributed by atoms with Crippen molar-refractivity contribution in [1.82, 2.24) is 5.32 Å². The Kier molecular flexibility index (Phi) is 4.31. The van der Waals surface area contributed by atoms with Gasteiger partial charge in [0.25, 0.3) is 0 Å². The zero-order chi connectivity index (χ0) is 12.2. The van der Waals surface area contributed by atoms with Crippen molar-refractivity contribution in [3.63, 3.8) is 0 Å². The highest BCUT2D eigenvalue weighted by atomic mass is 14.9. The molecule has 0 aromatic heterocycles. The zero-order valence-electron chi connectivity index (χ0n) is 11.1. The van der Waals surface area contributed by atoms with Gasteiger partial charge in [-0.25, -0.2) is 0 Å². The summed E-state index contributed by atoms with van der Waals surface area (Å²) >= 11 is 0. The molecular weight excluding hydrogens is 194 g/mol. The van der Waals surface area contributed by atoms with Crippen LogP contribution in [0.25, 0.3) is 6.08 Å². The largest absolute Gasteiger partial charge is 0.314 e. The molecule has 0 unspecified atom stereocenters. The number of aryl methyl sites for hydroxylation is 1. The number of likely N-dealkylation sites (N-methyl/N-ethyl adjacent to an activating group) is 1. The number of benzene rings is 1. The third-order valence-electron chi connectivity index (χ3n) is 3.00. The molecule has 1 nitrogen and oxygen atoms in total. The van der Waals surface area contributed by atoms with Gasteiger partial charge in [0, 0.05) is 5.54 Å². The molecule has 0 amide bonds. The summed E-state index contributed by atoms with van der Waals surface area (Å²) in [5.41, 5.74) is 4.22. The first-order valence-electron chi connectivity index (χ1n) is 5.89. The number of rotatable bonds is 4.